The van der Waals surface area contributed by atoms with E-state index in [1.165, 1.54) is 89.0 Å². The molecule has 0 atom stereocenters. The highest BCUT2D eigenvalue weighted by Gasteiger charge is 2.53. The predicted octanol–water partition coefficient (Wildman–Crippen LogP) is 16.2. The van der Waals surface area contributed by atoms with Crippen molar-refractivity contribution in [3.63, 3.8) is 0 Å². The largest absolute Gasteiger partial charge is 0.310 e. The highest BCUT2D eigenvalue weighted by molar-refractivity contribution is 5.92. The number of hydrogen-bond acceptors (Lipinski definition) is 1. The van der Waals surface area contributed by atoms with Gasteiger partial charge in [-0.05, 0) is 125 Å². The van der Waals surface area contributed by atoms with Gasteiger partial charge in [-0.2, -0.15) is 0 Å². The lowest BCUT2D eigenvalue weighted by Crippen LogP contribution is -2.40. The summed E-state index contributed by atoms with van der Waals surface area (Å²) in [5.74, 6) is 0. The maximum Gasteiger partial charge on any atom is 0.0719 e. The third kappa shape index (κ3) is 5.23. The molecule has 0 aromatic heterocycles. The molecule has 10 aromatic carbocycles. The van der Waals surface area contributed by atoms with Crippen LogP contribution in [0.4, 0.5) is 17.1 Å². The minimum Gasteiger partial charge on any atom is -0.310 e. The summed E-state index contributed by atoms with van der Waals surface area (Å²) in [5, 5.41) is 0. The van der Waals surface area contributed by atoms with E-state index in [-0.39, 0.29) is 5.41 Å². The third-order valence-electron chi connectivity index (χ3n) is 15.2. The van der Waals surface area contributed by atoms with E-state index >= 15 is 0 Å². The van der Waals surface area contributed by atoms with Crippen LogP contribution in [0.5, 0.6) is 0 Å². The molecule has 0 unspecified atom stereocenters. The molecule has 3 aliphatic rings. The Kier molecular flexibility index (Phi) is 8.45. The van der Waals surface area contributed by atoms with Crippen molar-refractivity contribution >= 4 is 17.1 Å². The van der Waals surface area contributed by atoms with E-state index in [1.807, 2.05) is 0 Å². The van der Waals surface area contributed by atoms with Crippen LogP contribution >= 0.6 is 0 Å². The summed E-state index contributed by atoms with van der Waals surface area (Å²) < 4.78 is 0. The zero-order valence-electron chi connectivity index (χ0n) is 37.1. The summed E-state index contributed by atoms with van der Waals surface area (Å²) in [6.07, 6.45) is 0. The second-order valence-corrected chi connectivity index (χ2v) is 18.7. The Morgan fingerprint density at radius 1 is 0.258 bits per heavy atom. The van der Waals surface area contributed by atoms with E-state index in [0.29, 0.717) is 0 Å². The van der Waals surface area contributed by atoms with Gasteiger partial charge < -0.3 is 4.90 Å². The van der Waals surface area contributed by atoms with Crippen molar-refractivity contribution < 1.29 is 0 Å². The lowest BCUT2D eigenvalue weighted by Gasteiger charge is -2.47. The van der Waals surface area contributed by atoms with Crippen molar-refractivity contribution in [3.05, 3.63) is 304 Å². The maximum absolute atomic E-state index is 2.52. The highest BCUT2D eigenvalue weighted by Crippen LogP contribution is 2.63. The van der Waals surface area contributed by atoms with Crippen LogP contribution < -0.4 is 4.90 Å². The lowest BCUT2D eigenvalue weighted by molar-refractivity contribution is 0.563. The minimum absolute atomic E-state index is 0.294. The Labute approximate surface area is 388 Å². The summed E-state index contributed by atoms with van der Waals surface area (Å²) in [6, 6.07) is 93.2. The number of rotatable bonds is 6. The Balaban J connectivity index is 1.08. The number of anilines is 3. The molecule has 0 aliphatic heterocycles. The molecule has 1 nitrogen and oxygen atoms in total. The van der Waals surface area contributed by atoms with E-state index in [0.717, 1.165) is 17.1 Å². The number of hydrogen-bond donors (Lipinski definition) is 0. The van der Waals surface area contributed by atoms with Crippen LogP contribution in [-0.2, 0) is 16.2 Å². The van der Waals surface area contributed by atoms with Crippen molar-refractivity contribution in [2.24, 2.45) is 0 Å². The van der Waals surface area contributed by atoms with Crippen LogP contribution in [0.2, 0.25) is 0 Å². The molecular formula is C65H47N. The Morgan fingerprint density at radius 3 is 1.20 bits per heavy atom. The van der Waals surface area contributed by atoms with Crippen LogP contribution in [0.15, 0.2) is 249 Å². The number of nitrogens with zero attached hydrogens (tertiary/aromatic N) is 1. The van der Waals surface area contributed by atoms with Gasteiger partial charge in [0.2, 0.25) is 0 Å². The van der Waals surface area contributed by atoms with E-state index in [2.05, 4.69) is 267 Å². The van der Waals surface area contributed by atoms with Gasteiger partial charge in [0, 0.05) is 22.5 Å². The van der Waals surface area contributed by atoms with Crippen molar-refractivity contribution in [3.8, 4) is 33.4 Å². The Bertz CT molecular complexity index is 3410. The van der Waals surface area contributed by atoms with Gasteiger partial charge in [0.05, 0.1) is 10.8 Å². The van der Waals surface area contributed by atoms with Crippen molar-refractivity contribution in [2.75, 3.05) is 4.90 Å². The van der Waals surface area contributed by atoms with Gasteiger partial charge in [-0.15, -0.1) is 0 Å². The molecule has 312 valence electrons. The Hall–Kier alpha value is -8.00. The van der Waals surface area contributed by atoms with Crippen molar-refractivity contribution in [2.45, 2.75) is 30.1 Å². The molecule has 0 N–H and O–H groups in total. The SMILES string of the molecule is CC1(C)c2ccccc2C2(c3ccccc3-c3ccccc32)c2ccc(N(c3ccc(-c4ccccc4)cc3)c3ccc4c(c3)C(c3ccccc3)(c3ccccc3)c3ccccc3-4)cc21. The van der Waals surface area contributed by atoms with E-state index in [1.54, 1.807) is 0 Å². The smallest absolute Gasteiger partial charge is 0.0719 e. The van der Waals surface area contributed by atoms with Gasteiger partial charge >= 0.3 is 0 Å². The molecule has 0 saturated carbocycles. The summed E-state index contributed by atoms with van der Waals surface area (Å²) in [6.45, 7) is 4.85. The standard InChI is InChI=1S/C65H47N/c1-63(2)58-32-18-19-33-59(58)65(56-30-16-13-26-51(56)52-27-14-17-31-57(52)65)60-41-39-50(43-62(60)63)66(48-36-34-45(35-37-48)44-20-6-3-7-21-44)49-38-40-54-53-28-12-15-29-55(53)64(61(54)42-49,46-22-8-4-9-23-46)47-24-10-5-11-25-47/h3-43H,1-2H3. The Morgan fingerprint density at radius 2 is 0.636 bits per heavy atom. The first kappa shape index (κ1) is 38.5. The van der Waals surface area contributed by atoms with E-state index in [9.17, 15) is 0 Å². The molecular weight excluding hydrogens is 795 g/mol. The molecule has 0 radical (unpaired) electrons. The fraction of sp³-hybridized carbons (Fsp3) is 0.0769. The van der Waals surface area contributed by atoms with Crippen molar-refractivity contribution in [1.82, 2.24) is 0 Å². The van der Waals surface area contributed by atoms with Crippen LogP contribution in [0, 0.1) is 0 Å². The average molecular weight is 842 g/mol. The minimum atomic E-state index is -0.523. The molecule has 0 fully saturated rings. The summed E-state index contributed by atoms with van der Waals surface area (Å²) in [5.41, 5.74) is 22.9. The number of benzene rings is 10. The molecule has 3 aliphatic carbocycles. The van der Waals surface area contributed by atoms with Gasteiger partial charge in [-0.1, -0.05) is 226 Å². The van der Waals surface area contributed by atoms with Gasteiger partial charge in [-0.25, -0.2) is 0 Å². The van der Waals surface area contributed by atoms with Gasteiger partial charge in [0.1, 0.15) is 0 Å². The fourth-order valence-corrected chi connectivity index (χ4v) is 12.4. The molecule has 0 saturated heterocycles. The van der Waals surface area contributed by atoms with E-state index in [4.69, 9.17) is 0 Å². The molecule has 0 bridgehead atoms. The molecule has 1 heteroatoms. The second kappa shape index (κ2) is 14.5. The van der Waals surface area contributed by atoms with Crippen molar-refractivity contribution in [1.29, 1.82) is 0 Å². The molecule has 10 aromatic rings. The van der Waals surface area contributed by atoms with Gasteiger partial charge in [-0.3, -0.25) is 0 Å². The molecule has 0 amide bonds. The molecule has 1 spiro atoms. The quantitative estimate of drug-likeness (QED) is 0.161. The monoisotopic (exact) mass is 841 g/mol. The van der Waals surface area contributed by atoms with Gasteiger partial charge in [0.15, 0.2) is 0 Å². The first-order valence-corrected chi connectivity index (χ1v) is 23.3. The first-order chi connectivity index (χ1) is 32.5. The van der Waals surface area contributed by atoms with Crippen LogP contribution in [0.1, 0.15) is 69.5 Å². The highest BCUT2D eigenvalue weighted by atomic mass is 15.1. The van der Waals surface area contributed by atoms with Crippen LogP contribution in [0.3, 0.4) is 0 Å². The lowest BCUT2D eigenvalue weighted by atomic mass is 9.55. The maximum atomic E-state index is 2.52. The topological polar surface area (TPSA) is 3.24 Å². The summed E-state index contributed by atoms with van der Waals surface area (Å²) in [7, 11) is 0. The summed E-state index contributed by atoms with van der Waals surface area (Å²) in [4.78, 5) is 2.50. The first-order valence-electron chi connectivity index (χ1n) is 23.3. The van der Waals surface area contributed by atoms with Gasteiger partial charge in [0.25, 0.3) is 0 Å². The molecule has 66 heavy (non-hydrogen) atoms. The average Bonchev–Trinajstić information content (AvgIpc) is 3.85. The summed E-state index contributed by atoms with van der Waals surface area (Å²) >= 11 is 0. The van der Waals surface area contributed by atoms with E-state index < -0.39 is 10.8 Å². The third-order valence-corrected chi connectivity index (χ3v) is 15.2. The van der Waals surface area contributed by atoms with Crippen LogP contribution in [-0.4, -0.2) is 0 Å². The number of fused-ring (bicyclic) bond motifs is 12. The van der Waals surface area contributed by atoms with Crippen LogP contribution in [0.25, 0.3) is 33.4 Å². The molecule has 0 heterocycles. The fourth-order valence-electron chi connectivity index (χ4n) is 12.4. The molecule has 13 rings (SSSR count). The second-order valence-electron chi connectivity index (χ2n) is 18.7. The zero-order chi connectivity index (χ0) is 44.0. The normalized spacial score (nSPS) is 14.9. The zero-order valence-corrected chi connectivity index (χ0v) is 37.1. The predicted molar refractivity (Wildman–Crippen MR) is 273 cm³/mol.